The Morgan fingerprint density at radius 1 is 1.29 bits per heavy atom. The van der Waals surface area contributed by atoms with Crippen LogP contribution in [0.3, 0.4) is 0 Å². The molecule has 0 aromatic carbocycles. The first-order valence-corrected chi connectivity index (χ1v) is 6.12. The van der Waals surface area contributed by atoms with Crippen molar-refractivity contribution in [3.05, 3.63) is 0 Å². The lowest BCUT2D eigenvalue weighted by atomic mass is 9.93. The Labute approximate surface area is 87.8 Å². The van der Waals surface area contributed by atoms with Gasteiger partial charge in [0.15, 0.2) is 0 Å². The molecule has 2 fully saturated rings. The fraction of sp³-hybridized carbons (Fsp3) is 1.00. The molecule has 0 radical (unpaired) electrons. The smallest absolute Gasteiger partial charge is 0.0283 e. The molecule has 0 amide bonds. The van der Waals surface area contributed by atoms with Gasteiger partial charge >= 0.3 is 0 Å². The quantitative estimate of drug-likeness (QED) is 0.748. The minimum Gasteiger partial charge on any atom is -0.324 e. The summed E-state index contributed by atoms with van der Waals surface area (Å²) < 4.78 is 0. The van der Waals surface area contributed by atoms with Gasteiger partial charge in [0.05, 0.1) is 0 Å². The molecule has 2 nitrogen and oxygen atoms in total. The van der Waals surface area contributed by atoms with Crippen LogP contribution in [0.4, 0.5) is 0 Å². The Balaban J connectivity index is 1.88. The molecule has 2 rings (SSSR count). The molecule has 82 valence electrons. The third-order valence-corrected chi connectivity index (χ3v) is 3.99. The van der Waals surface area contributed by atoms with Crippen molar-refractivity contribution < 1.29 is 0 Å². The zero-order valence-electron chi connectivity index (χ0n) is 9.63. The molecular formula is C12H24N2. The highest BCUT2D eigenvalue weighted by Crippen LogP contribution is 2.39. The third kappa shape index (κ3) is 2.29. The van der Waals surface area contributed by atoms with E-state index in [0.29, 0.717) is 0 Å². The van der Waals surface area contributed by atoms with E-state index in [-0.39, 0.29) is 5.54 Å². The molecule has 2 aliphatic rings. The van der Waals surface area contributed by atoms with Gasteiger partial charge in [0.25, 0.3) is 0 Å². The van der Waals surface area contributed by atoms with Gasteiger partial charge in [-0.1, -0.05) is 6.42 Å². The number of nitrogens with two attached hydrogens (primary N) is 1. The van der Waals surface area contributed by atoms with Gasteiger partial charge in [-0.05, 0) is 52.0 Å². The fourth-order valence-corrected chi connectivity index (χ4v) is 2.70. The second-order valence-corrected chi connectivity index (χ2v) is 5.60. The monoisotopic (exact) mass is 196 g/mol. The van der Waals surface area contributed by atoms with Crippen molar-refractivity contribution in [2.75, 3.05) is 13.1 Å². The topological polar surface area (TPSA) is 29.3 Å². The molecule has 1 aliphatic carbocycles. The summed E-state index contributed by atoms with van der Waals surface area (Å²) in [6.07, 6.45) is 6.85. The van der Waals surface area contributed by atoms with Crippen molar-refractivity contribution >= 4 is 0 Å². The summed E-state index contributed by atoms with van der Waals surface area (Å²) in [6, 6.07) is 0.755. The van der Waals surface area contributed by atoms with Gasteiger partial charge in [0, 0.05) is 18.1 Å². The number of likely N-dealkylation sites (tertiary alicyclic amines) is 1. The summed E-state index contributed by atoms with van der Waals surface area (Å²) in [5.74, 6) is 0.802. The minimum atomic E-state index is 0.0750. The van der Waals surface area contributed by atoms with Crippen LogP contribution in [0.25, 0.3) is 0 Å². The molecule has 2 N–H and O–H groups in total. The lowest BCUT2D eigenvalue weighted by Crippen LogP contribution is -2.53. The summed E-state index contributed by atoms with van der Waals surface area (Å²) >= 11 is 0. The van der Waals surface area contributed by atoms with Gasteiger partial charge in [0.2, 0.25) is 0 Å². The van der Waals surface area contributed by atoms with Crippen LogP contribution >= 0.6 is 0 Å². The third-order valence-electron chi connectivity index (χ3n) is 3.99. The Bertz CT molecular complexity index is 196. The molecule has 1 saturated heterocycles. The second-order valence-electron chi connectivity index (χ2n) is 5.60. The van der Waals surface area contributed by atoms with E-state index in [1.807, 2.05) is 0 Å². The van der Waals surface area contributed by atoms with E-state index < -0.39 is 0 Å². The molecule has 2 unspecified atom stereocenters. The first-order valence-electron chi connectivity index (χ1n) is 6.12. The highest BCUT2D eigenvalue weighted by atomic mass is 15.2. The minimum absolute atomic E-state index is 0.0750. The molecule has 0 spiro atoms. The molecule has 1 saturated carbocycles. The van der Waals surface area contributed by atoms with Crippen molar-refractivity contribution in [2.24, 2.45) is 11.7 Å². The van der Waals surface area contributed by atoms with E-state index in [9.17, 15) is 0 Å². The van der Waals surface area contributed by atoms with E-state index in [1.165, 1.54) is 38.6 Å². The van der Waals surface area contributed by atoms with Crippen LogP contribution in [0.5, 0.6) is 0 Å². The lowest BCUT2D eigenvalue weighted by Gasteiger charge is -2.39. The summed E-state index contributed by atoms with van der Waals surface area (Å²) in [4.78, 5) is 2.60. The molecule has 0 aromatic rings. The maximum Gasteiger partial charge on any atom is 0.0283 e. The summed E-state index contributed by atoms with van der Waals surface area (Å²) in [6.45, 7) is 6.97. The molecule has 2 atom stereocenters. The molecule has 0 aromatic heterocycles. The summed E-state index contributed by atoms with van der Waals surface area (Å²) in [5, 5.41) is 0. The average molecular weight is 196 g/mol. The average Bonchev–Trinajstić information content (AvgIpc) is 2.91. The Kier molecular flexibility index (Phi) is 2.85. The highest BCUT2D eigenvalue weighted by Gasteiger charge is 2.40. The van der Waals surface area contributed by atoms with Gasteiger partial charge in [0.1, 0.15) is 0 Å². The number of piperidine rings is 1. The summed E-state index contributed by atoms with van der Waals surface area (Å²) in [5.41, 5.74) is 6.45. The van der Waals surface area contributed by atoms with Crippen molar-refractivity contribution in [3.8, 4) is 0 Å². The standard InChI is InChI=1S/C12H24N2/c1-10-5-3-4-8-14(10)9-12(2,13)11-6-7-11/h10-11H,3-9,13H2,1-2H3. The van der Waals surface area contributed by atoms with Crippen LogP contribution in [-0.4, -0.2) is 29.6 Å². The highest BCUT2D eigenvalue weighted by molar-refractivity contribution is 4.98. The van der Waals surface area contributed by atoms with Crippen molar-refractivity contribution in [1.29, 1.82) is 0 Å². The van der Waals surface area contributed by atoms with E-state index in [4.69, 9.17) is 5.73 Å². The Hall–Kier alpha value is -0.0800. The van der Waals surface area contributed by atoms with Gasteiger partial charge in [-0.15, -0.1) is 0 Å². The van der Waals surface area contributed by atoms with Gasteiger partial charge in [-0.3, -0.25) is 4.90 Å². The zero-order valence-corrected chi connectivity index (χ0v) is 9.63. The molecule has 1 aliphatic heterocycles. The van der Waals surface area contributed by atoms with Crippen LogP contribution in [0.15, 0.2) is 0 Å². The second kappa shape index (κ2) is 3.82. The van der Waals surface area contributed by atoms with Crippen LogP contribution < -0.4 is 5.73 Å². The molecule has 1 heterocycles. The van der Waals surface area contributed by atoms with Crippen molar-refractivity contribution in [3.63, 3.8) is 0 Å². The predicted octanol–water partition coefficient (Wildman–Crippen LogP) is 1.99. The largest absolute Gasteiger partial charge is 0.324 e. The number of hydrogen-bond acceptors (Lipinski definition) is 2. The van der Waals surface area contributed by atoms with Gasteiger partial charge in [-0.25, -0.2) is 0 Å². The first-order chi connectivity index (χ1) is 6.59. The SMILES string of the molecule is CC1CCCCN1CC(C)(N)C1CC1. The van der Waals surface area contributed by atoms with Gasteiger partial charge in [-0.2, -0.15) is 0 Å². The number of hydrogen-bond donors (Lipinski definition) is 1. The summed E-state index contributed by atoms with van der Waals surface area (Å²) in [7, 11) is 0. The lowest BCUT2D eigenvalue weighted by molar-refractivity contribution is 0.122. The maximum atomic E-state index is 6.37. The Morgan fingerprint density at radius 3 is 2.57 bits per heavy atom. The number of nitrogens with zero attached hydrogens (tertiary/aromatic N) is 1. The first kappa shape index (κ1) is 10.4. The zero-order chi connectivity index (χ0) is 10.2. The molecule has 2 heteroatoms. The van der Waals surface area contributed by atoms with E-state index in [0.717, 1.165) is 18.5 Å². The molecular weight excluding hydrogens is 172 g/mol. The van der Waals surface area contributed by atoms with Crippen LogP contribution in [0.2, 0.25) is 0 Å². The Morgan fingerprint density at radius 2 is 2.00 bits per heavy atom. The maximum absolute atomic E-state index is 6.37. The van der Waals surface area contributed by atoms with Crippen LogP contribution in [0, 0.1) is 5.92 Å². The van der Waals surface area contributed by atoms with E-state index in [1.54, 1.807) is 0 Å². The predicted molar refractivity (Wildman–Crippen MR) is 60.2 cm³/mol. The number of rotatable bonds is 3. The van der Waals surface area contributed by atoms with Crippen molar-refractivity contribution in [2.45, 2.75) is 57.5 Å². The van der Waals surface area contributed by atoms with Crippen LogP contribution in [0.1, 0.15) is 46.0 Å². The van der Waals surface area contributed by atoms with Crippen LogP contribution in [-0.2, 0) is 0 Å². The van der Waals surface area contributed by atoms with Gasteiger partial charge < -0.3 is 5.73 Å². The van der Waals surface area contributed by atoms with Crippen molar-refractivity contribution in [1.82, 2.24) is 4.90 Å². The fourth-order valence-electron chi connectivity index (χ4n) is 2.70. The van der Waals surface area contributed by atoms with E-state index >= 15 is 0 Å². The molecule has 0 bridgehead atoms. The van der Waals surface area contributed by atoms with E-state index in [2.05, 4.69) is 18.7 Å². The molecule has 14 heavy (non-hydrogen) atoms. The normalized spacial score (nSPS) is 34.1.